The van der Waals surface area contributed by atoms with Gasteiger partial charge in [-0.25, -0.2) is 0 Å². The van der Waals surface area contributed by atoms with E-state index in [9.17, 15) is 17.6 Å². The molecule has 0 amide bonds. The Balaban J connectivity index is 0.00000324. The molecule has 0 aliphatic carbocycles. The van der Waals surface area contributed by atoms with E-state index in [4.69, 9.17) is 5.73 Å². The highest BCUT2D eigenvalue weighted by atomic mass is 35.5. The molecule has 1 rings (SSSR count). The number of ether oxygens (including phenoxy) is 1. The van der Waals surface area contributed by atoms with Crippen molar-refractivity contribution >= 4 is 12.4 Å². The van der Waals surface area contributed by atoms with Gasteiger partial charge in [0.15, 0.2) is 0 Å². The predicted molar refractivity (Wildman–Crippen MR) is 67.0 cm³/mol. The van der Waals surface area contributed by atoms with Crippen LogP contribution >= 0.6 is 12.4 Å². The van der Waals surface area contributed by atoms with Crippen molar-refractivity contribution in [3.63, 3.8) is 0 Å². The minimum Gasteiger partial charge on any atom is -0.428 e. The van der Waals surface area contributed by atoms with Crippen molar-refractivity contribution < 1.29 is 22.3 Å². The van der Waals surface area contributed by atoms with Gasteiger partial charge in [-0.3, -0.25) is 0 Å². The van der Waals surface area contributed by atoms with Crippen LogP contribution in [0.1, 0.15) is 18.0 Å². The molecule has 2 nitrogen and oxygen atoms in total. The molecule has 1 atom stereocenters. The van der Waals surface area contributed by atoms with Crippen LogP contribution in [0, 0.1) is 0 Å². The van der Waals surface area contributed by atoms with E-state index in [1.807, 2.05) is 0 Å². The van der Waals surface area contributed by atoms with Gasteiger partial charge >= 0.3 is 12.5 Å². The first-order valence-corrected chi connectivity index (χ1v) is 5.19. The molecule has 0 saturated carbocycles. The fourth-order valence-electron chi connectivity index (χ4n) is 1.38. The molecule has 19 heavy (non-hydrogen) atoms. The van der Waals surface area contributed by atoms with Crippen molar-refractivity contribution in [1.29, 1.82) is 0 Å². The maximum Gasteiger partial charge on any atom is 0.461 e. The molecule has 0 unspecified atom stereocenters. The number of para-hydroxylation sites is 1. The summed E-state index contributed by atoms with van der Waals surface area (Å²) in [5.41, 5.74) is 5.95. The summed E-state index contributed by atoms with van der Waals surface area (Å²) >= 11 is 0. The average molecular weight is 300 g/mol. The molecule has 1 aromatic carbocycles. The van der Waals surface area contributed by atoms with Gasteiger partial charge < -0.3 is 10.5 Å². The predicted octanol–water partition coefficient (Wildman–Crippen LogP) is 3.92. The van der Waals surface area contributed by atoms with Gasteiger partial charge in [0.05, 0.1) is 0 Å². The SMILES string of the molecule is C=CC[C@H](N)c1ccccc1OC(F)(F)C(F)F.Cl. The van der Waals surface area contributed by atoms with Crippen molar-refractivity contribution in [3.8, 4) is 5.75 Å². The Hall–Kier alpha value is -1.27. The smallest absolute Gasteiger partial charge is 0.428 e. The highest BCUT2D eigenvalue weighted by Gasteiger charge is 2.44. The van der Waals surface area contributed by atoms with E-state index < -0.39 is 18.6 Å². The number of benzene rings is 1. The zero-order valence-corrected chi connectivity index (χ0v) is 10.7. The standard InChI is InChI=1S/C12H13F4NO.ClH/c1-2-5-9(17)8-6-3-4-7-10(8)18-12(15,16)11(13)14;/h2-4,6-7,9,11H,1,5,17H2;1H/t9-;/m0./s1. The quantitative estimate of drug-likeness (QED) is 0.638. The Labute approximate surface area is 114 Å². The van der Waals surface area contributed by atoms with Gasteiger partial charge in [0.1, 0.15) is 5.75 Å². The van der Waals surface area contributed by atoms with E-state index in [1.165, 1.54) is 24.3 Å². The third-order valence-electron chi connectivity index (χ3n) is 2.24. The molecule has 0 spiro atoms. The average Bonchev–Trinajstić information content (AvgIpc) is 2.29. The summed E-state index contributed by atoms with van der Waals surface area (Å²) in [6.45, 7) is 3.47. The summed E-state index contributed by atoms with van der Waals surface area (Å²) in [6.07, 6.45) is -6.61. The fraction of sp³-hybridized carbons (Fsp3) is 0.333. The molecule has 0 heterocycles. The molecule has 108 valence electrons. The molecule has 0 fully saturated rings. The third kappa shape index (κ3) is 4.72. The lowest BCUT2D eigenvalue weighted by atomic mass is 10.0. The van der Waals surface area contributed by atoms with E-state index in [0.717, 1.165) is 0 Å². The molecular weight excluding hydrogens is 286 g/mol. The van der Waals surface area contributed by atoms with Gasteiger partial charge in [-0.15, -0.1) is 19.0 Å². The molecule has 0 bridgehead atoms. The van der Waals surface area contributed by atoms with Crippen LogP contribution in [-0.4, -0.2) is 12.5 Å². The number of rotatable bonds is 6. The second kappa shape index (κ2) is 7.35. The van der Waals surface area contributed by atoms with Gasteiger partial charge in [-0.05, 0) is 12.5 Å². The fourth-order valence-corrected chi connectivity index (χ4v) is 1.38. The zero-order valence-electron chi connectivity index (χ0n) is 9.86. The lowest BCUT2D eigenvalue weighted by Crippen LogP contribution is -2.34. The molecule has 0 radical (unpaired) electrons. The highest BCUT2D eigenvalue weighted by Crippen LogP contribution is 2.32. The Kier molecular flexibility index (Phi) is 6.86. The van der Waals surface area contributed by atoms with Crippen molar-refractivity contribution in [3.05, 3.63) is 42.5 Å². The van der Waals surface area contributed by atoms with E-state index in [2.05, 4.69) is 11.3 Å². The van der Waals surface area contributed by atoms with Crippen LogP contribution in [0.25, 0.3) is 0 Å². The summed E-state index contributed by atoms with van der Waals surface area (Å²) in [5.74, 6) is -0.350. The first kappa shape index (κ1) is 17.7. The summed E-state index contributed by atoms with van der Waals surface area (Å²) in [7, 11) is 0. The molecule has 0 saturated heterocycles. The number of alkyl halides is 4. The maximum atomic E-state index is 12.8. The maximum absolute atomic E-state index is 12.8. The monoisotopic (exact) mass is 299 g/mol. The summed E-state index contributed by atoms with van der Waals surface area (Å²) in [4.78, 5) is 0. The van der Waals surface area contributed by atoms with Gasteiger partial charge in [0.2, 0.25) is 0 Å². The molecular formula is C12H14ClF4NO. The highest BCUT2D eigenvalue weighted by molar-refractivity contribution is 5.85. The Morgan fingerprint density at radius 2 is 1.89 bits per heavy atom. The number of hydrogen-bond acceptors (Lipinski definition) is 2. The second-order valence-corrected chi connectivity index (χ2v) is 3.63. The van der Waals surface area contributed by atoms with E-state index in [-0.39, 0.29) is 23.7 Å². The van der Waals surface area contributed by atoms with Crippen LogP contribution < -0.4 is 10.5 Å². The summed E-state index contributed by atoms with van der Waals surface area (Å²) in [5, 5.41) is 0. The van der Waals surface area contributed by atoms with Crippen LogP contribution in [0.2, 0.25) is 0 Å². The normalized spacial score (nSPS) is 12.7. The van der Waals surface area contributed by atoms with Crippen LogP contribution in [-0.2, 0) is 0 Å². The van der Waals surface area contributed by atoms with Crippen molar-refractivity contribution in [1.82, 2.24) is 0 Å². The van der Waals surface area contributed by atoms with Crippen LogP contribution in [0.4, 0.5) is 17.6 Å². The van der Waals surface area contributed by atoms with Crippen LogP contribution in [0.3, 0.4) is 0 Å². The van der Waals surface area contributed by atoms with E-state index in [1.54, 1.807) is 6.07 Å². The largest absolute Gasteiger partial charge is 0.461 e. The molecule has 1 aromatic rings. The Morgan fingerprint density at radius 1 is 1.32 bits per heavy atom. The first-order chi connectivity index (χ1) is 8.38. The minimum atomic E-state index is -4.54. The number of nitrogens with two attached hydrogens (primary N) is 1. The van der Waals surface area contributed by atoms with Gasteiger partial charge in [0.25, 0.3) is 0 Å². The molecule has 0 aliphatic rings. The molecule has 0 aromatic heterocycles. The van der Waals surface area contributed by atoms with Crippen LogP contribution in [0.15, 0.2) is 36.9 Å². The summed E-state index contributed by atoms with van der Waals surface area (Å²) in [6, 6.07) is 4.96. The lowest BCUT2D eigenvalue weighted by Gasteiger charge is -2.21. The van der Waals surface area contributed by atoms with E-state index >= 15 is 0 Å². The lowest BCUT2D eigenvalue weighted by molar-refractivity contribution is -0.253. The van der Waals surface area contributed by atoms with Gasteiger partial charge in [0, 0.05) is 11.6 Å². The Morgan fingerprint density at radius 3 is 2.42 bits per heavy atom. The third-order valence-corrected chi connectivity index (χ3v) is 2.24. The molecule has 7 heteroatoms. The topological polar surface area (TPSA) is 35.2 Å². The number of halogens is 5. The summed E-state index contributed by atoms with van der Waals surface area (Å²) < 4.78 is 53.8. The van der Waals surface area contributed by atoms with Crippen molar-refractivity contribution in [2.75, 3.05) is 0 Å². The Bertz CT molecular complexity index is 414. The van der Waals surface area contributed by atoms with Crippen LogP contribution in [0.5, 0.6) is 5.75 Å². The zero-order chi connectivity index (χ0) is 13.8. The second-order valence-electron chi connectivity index (χ2n) is 3.63. The van der Waals surface area contributed by atoms with E-state index in [0.29, 0.717) is 6.42 Å². The van der Waals surface area contributed by atoms with Crippen molar-refractivity contribution in [2.45, 2.75) is 25.0 Å². The minimum absolute atomic E-state index is 0. The first-order valence-electron chi connectivity index (χ1n) is 5.19. The van der Waals surface area contributed by atoms with Crippen molar-refractivity contribution in [2.24, 2.45) is 5.73 Å². The molecule has 2 N–H and O–H groups in total. The van der Waals surface area contributed by atoms with Gasteiger partial charge in [-0.2, -0.15) is 17.6 Å². The van der Waals surface area contributed by atoms with Gasteiger partial charge in [-0.1, -0.05) is 24.3 Å². The molecule has 0 aliphatic heterocycles. The number of hydrogen-bond donors (Lipinski definition) is 1.